The normalized spacial score (nSPS) is 10.0. The molecule has 0 aliphatic rings. The van der Waals surface area contributed by atoms with Gasteiger partial charge in [0.15, 0.2) is 5.69 Å². The van der Waals surface area contributed by atoms with Crippen LogP contribution in [-0.2, 0) is 9.53 Å². The second kappa shape index (κ2) is 9.54. The zero-order valence-corrected chi connectivity index (χ0v) is 15.5. The average molecular weight is 392 g/mol. The van der Waals surface area contributed by atoms with Crippen LogP contribution in [0.1, 0.15) is 27.8 Å². The largest absolute Gasteiger partial charge is 0.478 e. The molecule has 1 aromatic carbocycles. The summed E-state index contributed by atoms with van der Waals surface area (Å²) in [7, 11) is 1.23. The highest BCUT2D eigenvalue weighted by Gasteiger charge is 2.15. The average Bonchev–Trinajstić information content (AvgIpc) is 2.68. The predicted octanol–water partition coefficient (Wildman–Crippen LogP) is 2.29. The molecule has 0 aliphatic carbocycles. The van der Waals surface area contributed by atoms with E-state index in [4.69, 9.17) is 16.3 Å². The van der Waals surface area contributed by atoms with Gasteiger partial charge in [0.1, 0.15) is 6.54 Å². The Kier molecular flexibility index (Phi) is 7.13. The summed E-state index contributed by atoms with van der Waals surface area (Å²) in [6.07, 6.45) is 0. The van der Waals surface area contributed by atoms with Crippen molar-refractivity contribution in [3.8, 4) is 5.88 Å². The quantitative estimate of drug-likeness (QED) is 0.701. The van der Waals surface area contributed by atoms with E-state index in [0.29, 0.717) is 23.7 Å². The van der Waals surface area contributed by atoms with Crippen LogP contribution in [0.4, 0.5) is 5.69 Å². The van der Waals surface area contributed by atoms with E-state index >= 15 is 0 Å². The van der Waals surface area contributed by atoms with Crippen LogP contribution in [0.5, 0.6) is 5.88 Å². The molecule has 0 saturated carbocycles. The van der Waals surface area contributed by atoms with Crippen LogP contribution in [0.2, 0.25) is 5.02 Å². The molecule has 142 valence electrons. The van der Waals surface area contributed by atoms with Gasteiger partial charge in [-0.05, 0) is 37.3 Å². The Morgan fingerprint density at radius 1 is 1.07 bits per heavy atom. The first-order valence-electron chi connectivity index (χ1n) is 8.00. The van der Waals surface area contributed by atoms with E-state index in [2.05, 4.69) is 20.4 Å². The molecule has 0 unspecified atom stereocenters. The van der Waals surface area contributed by atoms with Gasteiger partial charge in [0.2, 0.25) is 5.88 Å². The van der Waals surface area contributed by atoms with Gasteiger partial charge in [0, 0.05) is 17.3 Å². The lowest BCUT2D eigenvalue weighted by Gasteiger charge is -2.09. The molecule has 0 aliphatic heterocycles. The number of benzene rings is 1. The van der Waals surface area contributed by atoms with Crippen LogP contribution in [0.3, 0.4) is 0 Å². The fraction of sp³-hybridized carbons (Fsp3) is 0.222. The van der Waals surface area contributed by atoms with Crippen molar-refractivity contribution >= 4 is 35.1 Å². The molecule has 2 aromatic rings. The van der Waals surface area contributed by atoms with Gasteiger partial charge in [-0.1, -0.05) is 11.6 Å². The minimum atomic E-state index is -0.550. The first-order chi connectivity index (χ1) is 12.9. The Balaban J connectivity index is 2.04. The molecular weight excluding hydrogens is 374 g/mol. The maximum absolute atomic E-state index is 12.4. The first-order valence-corrected chi connectivity index (χ1v) is 8.38. The highest BCUT2D eigenvalue weighted by atomic mass is 35.5. The molecule has 0 bridgehead atoms. The van der Waals surface area contributed by atoms with Gasteiger partial charge in [-0.3, -0.25) is 14.4 Å². The standard InChI is InChI=1S/C18H18ClN3O5/c1-3-27-14-9-8-13(19)16(22-14)18(25)21-12-6-4-11(5-7-12)17(24)20-10-15(23)26-2/h4-9H,3,10H2,1-2H3,(H,20,24)(H,21,25). The van der Waals surface area contributed by atoms with Gasteiger partial charge in [-0.25, -0.2) is 4.98 Å². The zero-order valence-electron chi connectivity index (χ0n) is 14.7. The molecule has 0 saturated heterocycles. The number of hydrogen-bond acceptors (Lipinski definition) is 6. The number of rotatable bonds is 7. The number of nitrogens with one attached hydrogen (secondary N) is 2. The number of amides is 2. The molecule has 0 spiro atoms. The zero-order chi connectivity index (χ0) is 19.8. The number of anilines is 1. The van der Waals surface area contributed by atoms with Crippen LogP contribution in [0, 0.1) is 0 Å². The third kappa shape index (κ3) is 5.68. The van der Waals surface area contributed by atoms with Crippen LogP contribution >= 0.6 is 11.6 Å². The highest BCUT2D eigenvalue weighted by Crippen LogP contribution is 2.20. The van der Waals surface area contributed by atoms with E-state index in [-0.39, 0.29) is 17.3 Å². The Morgan fingerprint density at radius 2 is 1.78 bits per heavy atom. The Bertz CT molecular complexity index is 839. The summed E-state index contributed by atoms with van der Waals surface area (Å²) < 4.78 is 9.71. The highest BCUT2D eigenvalue weighted by molar-refractivity contribution is 6.34. The molecule has 8 nitrogen and oxygen atoms in total. The number of carbonyl (C=O) groups is 3. The summed E-state index contributed by atoms with van der Waals surface area (Å²) in [5.41, 5.74) is 0.804. The van der Waals surface area contributed by atoms with Crippen molar-refractivity contribution in [2.75, 3.05) is 25.6 Å². The molecule has 0 radical (unpaired) electrons. The van der Waals surface area contributed by atoms with Gasteiger partial charge in [0.25, 0.3) is 11.8 Å². The van der Waals surface area contributed by atoms with Crippen molar-refractivity contribution in [3.63, 3.8) is 0 Å². The predicted molar refractivity (Wildman–Crippen MR) is 99.2 cm³/mol. The summed E-state index contributed by atoms with van der Waals surface area (Å²) >= 11 is 6.03. The van der Waals surface area contributed by atoms with Crippen molar-refractivity contribution in [2.45, 2.75) is 6.92 Å². The molecule has 2 rings (SSSR count). The molecule has 1 heterocycles. The third-order valence-electron chi connectivity index (χ3n) is 3.35. The molecule has 27 heavy (non-hydrogen) atoms. The van der Waals surface area contributed by atoms with E-state index in [9.17, 15) is 14.4 Å². The van der Waals surface area contributed by atoms with Gasteiger partial charge < -0.3 is 20.1 Å². The van der Waals surface area contributed by atoms with E-state index < -0.39 is 17.8 Å². The van der Waals surface area contributed by atoms with Crippen molar-refractivity contribution in [2.24, 2.45) is 0 Å². The Hall–Kier alpha value is -3.13. The van der Waals surface area contributed by atoms with Crippen LogP contribution in [0.25, 0.3) is 0 Å². The van der Waals surface area contributed by atoms with Crippen molar-refractivity contribution in [1.29, 1.82) is 0 Å². The lowest BCUT2D eigenvalue weighted by Crippen LogP contribution is -2.30. The van der Waals surface area contributed by atoms with E-state index in [1.807, 2.05) is 0 Å². The third-order valence-corrected chi connectivity index (χ3v) is 3.66. The lowest BCUT2D eigenvalue weighted by molar-refractivity contribution is -0.139. The fourth-order valence-corrected chi connectivity index (χ4v) is 2.22. The molecule has 0 fully saturated rings. The van der Waals surface area contributed by atoms with Gasteiger partial charge in [-0.15, -0.1) is 0 Å². The van der Waals surface area contributed by atoms with E-state index in [0.717, 1.165) is 0 Å². The number of halogens is 1. The summed E-state index contributed by atoms with van der Waals surface area (Å²) in [4.78, 5) is 39.4. The van der Waals surface area contributed by atoms with Gasteiger partial charge in [-0.2, -0.15) is 0 Å². The Morgan fingerprint density at radius 3 is 2.41 bits per heavy atom. The number of methoxy groups -OCH3 is 1. The first kappa shape index (κ1) is 20.2. The Labute approximate surface area is 160 Å². The molecular formula is C18H18ClN3O5. The molecule has 2 amide bonds. The van der Waals surface area contributed by atoms with Crippen molar-refractivity contribution in [1.82, 2.24) is 10.3 Å². The second-order valence-corrected chi connectivity index (χ2v) is 5.61. The number of carbonyl (C=O) groups excluding carboxylic acids is 3. The number of hydrogen-bond donors (Lipinski definition) is 2. The van der Waals surface area contributed by atoms with Gasteiger partial charge in [0.05, 0.1) is 18.7 Å². The number of esters is 1. The summed E-state index contributed by atoms with van der Waals surface area (Å²) in [5.74, 6) is -1.20. The second-order valence-electron chi connectivity index (χ2n) is 5.20. The minimum Gasteiger partial charge on any atom is -0.478 e. The molecule has 2 N–H and O–H groups in total. The maximum Gasteiger partial charge on any atom is 0.325 e. The number of ether oxygens (including phenoxy) is 2. The van der Waals surface area contributed by atoms with Crippen LogP contribution < -0.4 is 15.4 Å². The minimum absolute atomic E-state index is 0.0301. The topological polar surface area (TPSA) is 107 Å². The maximum atomic E-state index is 12.4. The number of aromatic nitrogens is 1. The summed E-state index contributed by atoms with van der Waals surface area (Å²) in [5, 5.41) is 5.26. The van der Waals surface area contributed by atoms with Crippen molar-refractivity contribution in [3.05, 3.63) is 52.7 Å². The monoisotopic (exact) mass is 391 g/mol. The molecule has 1 aromatic heterocycles. The SMILES string of the molecule is CCOc1ccc(Cl)c(C(=O)Nc2ccc(C(=O)NCC(=O)OC)cc2)n1. The fourth-order valence-electron chi connectivity index (χ4n) is 2.03. The number of pyridine rings is 1. The summed E-state index contributed by atoms with van der Waals surface area (Å²) in [6.45, 7) is 1.99. The molecule has 9 heteroatoms. The van der Waals surface area contributed by atoms with E-state index in [1.165, 1.54) is 25.3 Å². The molecule has 0 atom stereocenters. The lowest BCUT2D eigenvalue weighted by atomic mass is 10.2. The number of nitrogens with zero attached hydrogens (tertiary/aromatic N) is 1. The van der Waals surface area contributed by atoms with Crippen LogP contribution in [-0.4, -0.2) is 43.0 Å². The van der Waals surface area contributed by atoms with Crippen molar-refractivity contribution < 1.29 is 23.9 Å². The smallest absolute Gasteiger partial charge is 0.325 e. The van der Waals surface area contributed by atoms with Crippen LogP contribution in [0.15, 0.2) is 36.4 Å². The summed E-state index contributed by atoms with van der Waals surface area (Å²) in [6, 6.07) is 9.21. The van der Waals surface area contributed by atoms with Gasteiger partial charge >= 0.3 is 5.97 Å². The van der Waals surface area contributed by atoms with E-state index in [1.54, 1.807) is 25.1 Å².